The molecular formula is C21H31ClN2O2Si. The molecule has 0 spiro atoms. The molecule has 27 heavy (non-hydrogen) atoms. The average molecular weight is 407 g/mol. The number of amides is 2. The Balaban J connectivity index is 1.89. The maximum Gasteiger partial charge on any atom is 0.325 e. The lowest BCUT2D eigenvalue weighted by Gasteiger charge is -2.38. The van der Waals surface area contributed by atoms with Crippen LogP contribution in [0.15, 0.2) is 36.0 Å². The first-order valence-electron chi connectivity index (χ1n) is 9.69. The lowest BCUT2D eigenvalue weighted by Crippen LogP contribution is -2.44. The molecule has 0 aliphatic carbocycles. The van der Waals surface area contributed by atoms with Crippen LogP contribution in [0.3, 0.4) is 0 Å². The van der Waals surface area contributed by atoms with Crippen LogP contribution in [-0.4, -0.2) is 43.3 Å². The Labute approximate surface area is 169 Å². The smallest absolute Gasteiger partial charge is 0.325 e. The van der Waals surface area contributed by atoms with Gasteiger partial charge in [-0.25, -0.2) is 4.79 Å². The number of rotatable bonds is 5. The largest absolute Gasteiger partial charge is 0.414 e. The van der Waals surface area contributed by atoms with Gasteiger partial charge in [0.1, 0.15) is 0 Å². The van der Waals surface area contributed by atoms with Crippen molar-refractivity contribution in [2.45, 2.75) is 64.3 Å². The highest BCUT2D eigenvalue weighted by Crippen LogP contribution is 2.40. The third-order valence-corrected chi connectivity index (χ3v) is 11.0. The number of fused-ring (bicyclic) bond motifs is 1. The molecule has 2 aliphatic rings. The van der Waals surface area contributed by atoms with Gasteiger partial charge in [-0.3, -0.25) is 4.90 Å². The molecule has 2 atom stereocenters. The van der Waals surface area contributed by atoms with Crippen LogP contribution < -0.4 is 0 Å². The van der Waals surface area contributed by atoms with Gasteiger partial charge in [0.25, 0.3) is 0 Å². The van der Waals surface area contributed by atoms with E-state index in [9.17, 15) is 4.79 Å². The van der Waals surface area contributed by atoms with Crippen LogP contribution in [0.5, 0.6) is 0 Å². The van der Waals surface area contributed by atoms with Crippen molar-refractivity contribution < 1.29 is 9.22 Å². The van der Waals surface area contributed by atoms with Crippen LogP contribution in [0.25, 0.3) is 0 Å². The monoisotopic (exact) mass is 406 g/mol. The third-order valence-electron chi connectivity index (χ3n) is 6.25. The van der Waals surface area contributed by atoms with E-state index in [0.717, 1.165) is 17.7 Å². The summed E-state index contributed by atoms with van der Waals surface area (Å²) in [5, 5.41) is 0.808. The van der Waals surface area contributed by atoms with Crippen LogP contribution in [-0.2, 0) is 4.43 Å². The van der Waals surface area contributed by atoms with Gasteiger partial charge in [-0.15, -0.1) is 0 Å². The molecule has 2 heterocycles. The first-order valence-corrected chi connectivity index (χ1v) is 13.0. The van der Waals surface area contributed by atoms with E-state index in [1.165, 1.54) is 0 Å². The van der Waals surface area contributed by atoms with Crippen molar-refractivity contribution in [2.24, 2.45) is 0 Å². The Morgan fingerprint density at radius 1 is 1.33 bits per heavy atom. The lowest BCUT2D eigenvalue weighted by molar-refractivity contribution is 0.141. The molecule has 6 heteroatoms. The molecule has 1 fully saturated rings. The van der Waals surface area contributed by atoms with E-state index in [0.29, 0.717) is 18.2 Å². The Bertz CT molecular complexity index is 757. The molecule has 0 radical (unpaired) electrons. The van der Waals surface area contributed by atoms with Gasteiger partial charge < -0.3 is 9.33 Å². The van der Waals surface area contributed by atoms with Gasteiger partial charge >= 0.3 is 6.03 Å². The molecule has 1 aromatic carbocycles. The topological polar surface area (TPSA) is 32.8 Å². The van der Waals surface area contributed by atoms with E-state index in [-0.39, 0.29) is 23.2 Å². The van der Waals surface area contributed by atoms with Gasteiger partial charge in [-0.1, -0.05) is 50.6 Å². The summed E-state index contributed by atoms with van der Waals surface area (Å²) in [5.41, 5.74) is 2.15. The van der Waals surface area contributed by atoms with Crippen LogP contribution >= 0.6 is 11.6 Å². The molecule has 1 unspecified atom stereocenters. The van der Waals surface area contributed by atoms with E-state index < -0.39 is 8.32 Å². The SMILES string of the molecule is CC1CC=C2CN([C@H](CO[Si](C)(C)C(C)(C)C)c3cccc(Cl)c3)C(=O)N21. The van der Waals surface area contributed by atoms with E-state index >= 15 is 0 Å². The molecule has 2 amide bonds. The van der Waals surface area contributed by atoms with Crippen molar-refractivity contribution in [3.63, 3.8) is 0 Å². The summed E-state index contributed by atoms with van der Waals surface area (Å²) < 4.78 is 6.52. The minimum Gasteiger partial charge on any atom is -0.414 e. The molecule has 2 aliphatic heterocycles. The summed E-state index contributed by atoms with van der Waals surface area (Å²) >= 11 is 6.26. The van der Waals surface area contributed by atoms with E-state index in [1.807, 2.05) is 34.1 Å². The zero-order chi connectivity index (χ0) is 20.0. The summed E-state index contributed by atoms with van der Waals surface area (Å²) in [5.74, 6) is 0. The van der Waals surface area contributed by atoms with Crippen molar-refractivity contribution >= 4 is 25.9 Å². The standard InChI is InChI=1S/C21H31ClN2O2Si/c1-15-10-11-18-13-23(20(25)24(15)18)19(16-8-7-9-17(22)12-16)14-26-27(5,6)21(2,3)4/h7-9,11-12,15,19H,10,13-14H2,1-6H3/t15?,19-/m1/s1. The molecule has 1 aromatic rings. The predicted molar refractivity (Wildman–Crippen MR) is 113 cm³/mol. The number of hydrogen-bond acceptors (Lipinski definition) is 2. The second-order valence-corrected chi connectivity index (χ2v) is 14.4. The highest BCUT2D eigenvalue weighted by atomic mass is 35.5. The summed E-state index contributed by atoms with van der Waals surface area (Å²) in [7, 11) is -1.93. The van der Waals surface area contributed by atoms with Crippen molar-refractivity contribution in [3.8, 4) is 0 Å². The molecule has 0 bridgehead atoms. The van der Waals surface area contributed by atoms with Crippen molar-refractivity contribution in [1.82, 2.24) is 9.80 Å². The van der Waals surface area contributed by atoms with Crippen LogP contribution in [0.2, 0.25) is 23.2 Å². The summed E-state index contributed by atoms with van der Waals surface area (Å²) in [6.07, 6.45) is 3.13. The molecular weight excluding hydrogens is 376 g/mol. The van der Waals surface area contributed by atoms with Crippen molar-refractivity contribution in [2.75, 3.05) is 13.2 Å². The van der Waals surface area contributed by atoms with Crippen molar-refractivity contribution in [1.29, 1.82) is 0 Å². The third kappa shape index (κ3) is 3.96. The Kier molecular flexibility index (Phi) is 5.50. The second-order valence-electron chi connectivity index (χ2n) is 9.20. The first kappa shape index (κ1) is 20.4. The fourth-order valence-corrected chi connectivity index (χ4v) is 4.66. The molecule has 0 aromatic heterocycles. The van der Waals surface area contributed by atoms with Gasteiger partial charge in [0.05, 0.1) is 19.2 Å². The van der Waals surface area contributed by atoms with E-state index in [1.54, 1.807) is 0 Å². The van der Waals surface area contributed by atoms with E-state index in [2.05, 4.69) is 46.9 Å². The maximum atomic E-state index is 13.2. The minimum absolute atomic E-state index is 0.0788. The normalized spacial score (nSPS) is 21.5. The Morgan fingerprint density at radius 3 is 2.63 bits per heavy atom. The quantitative estimate of drug-likeness (QED) is 0.577. The van der Waals surface area contributed by atoms with Crippen LogP contribution in [0, 0.1) is 0 Å². The molecule has 3 rings (SSSR count). The van der Waals surface area contributed by atoms with Crippen molar-refractivity contribution in [3.05, 3.63) is 46.6 Å². The Morgan fingerprint density at radius 2 is 2.04 bits per heavy atom. The van der Waals surface area contributed by atoms with Crippen LogP contribution in [0.1, 0.15) is 45.7 Å². The molecule has 4 nitrogen and oxygen atoms in total. The molecule has 148 valence electrons. The zero-order valence-corrected chi connectivity index (χ0v) is 19.0. The number of carbonyl (C=O) groups is 1. The summed E-state index contributed by atoms with van der Waals surface area (Å²) in [4.78, 5) is 17.0. The summed E-state index contributed by atoms with van der Waals surface area (Å²) in [6.45, 7) is 14.4. The highest BCUT2D eigenvalue weighted by molar-refractivity contribution is 6.74. The first-order chi connectivity index (χ1) is 12.5. The average Bonchev–Trinajstić information content (AvgIpc) is 3.08. The zero-order valence-electron chi connectivity index (χ0n) is 17.3. The fourth-order valence-electron chi connectivity index (χ4n) is 3.45. The molecule has 1 saturated heterocycles. The molecule has 0 N–H and O–H groups in total. The minimum atomic E-state index is -1.93. The molecule has 0 saturated carbocycles. The van der Waals surface area contributed by atoms with Gasteiger partial charge in [0, 0.05) is 16.8 Å². The number of carbonyl (C=O) groups excluding carboxylic acids is 1. The number of hydrogen-bond donors (Lipinski definition) is 0. The van der Waals surface area contributed by atoms with Gasteiger partial charge in [-0.2, -0.15) is 0 Å². The number of urea groups is 1. The predicted octanol–water partition coefficient (Wildman–Crippen LogP) is 5.82. The summed E-state index contributed by atoms with van der Waals surface area (Å²) in [6, 6.07) is 7.99. The fraction of sp³-hybridized carbons (Fsp3) is 0.571. The Hall–Kier alpha value is -1.30. The van der Waals surface area contributed by atoms with Gasteiger partial charge in [0.2, 0.25) is 0 Å². The number of halogens is 1. The van der Waals surface area contributed by atoms with Gasteiger partial charge in [0.15, 0.2) is 8.32 Å². The number of benzene rings is 1. The maximum absolute atomic E-state index is 13.2. The van der Waals surface area contributed by atoms with Crippen LogP contribution in [0.4, 0.5) is 4.79 Å². The van der Waals surface area contributed by atoms with E-state index in [4.69, 9.17) is 16.0 Å². The highest BCUT2D eigenvalue weighted by Gasteiger charge is 2.44. The lowest BCUT2D eigenvalue weighted by atomic mass is 10.1. The number of nitrogens with zero attached hydrogens (tertiary/aromatic N) is 2. The van der Waals surface area contributed by atoms with Gasteiger partial charge in [-0.05, 0) is 49.2 Å². The second kappa shape index (κ2) is 7.26.